The molecular formula is C21H26N4O2S. The number of amides is 2. The Balaban J connectivity index is 1.29. The third kappa shape index (κ3) is 3.15. The van der Waals surface area contributed by atoms with Gasteiger partial charge < -0.3 is 10.1 Å². The van der Waals surface area contributed by atoms with Crippen LogP contribution in [0.25, 0.3) is 0 Å². The molecular weight excluding hydrogens is 372 g/mol. The summed E-state index contributed by atoms with van der Waals surface area (Å²) in [5.74, 6) is 0.742. The number of hydrogen-bond donors (Lipinski definition) is 2. The topological polar surface area (TPSA) is 68.2 Å². The minimum absolute atomic E-state index is 0.0693. The van der Waals surface area contributed by atoms with E-state index in [4.69, 9.17) is 4.74 Å². The van der Waals surface area contributed by atoms with Crippen molar-refractivity contribution in [1.29, 1.82) is 0 Å². The van der Waals surface area contributed by atoms with Crippen molar-refractivity contribution in [2.24, 2.45) is 5.41 Å². The number of anilines is 1. The summed E-state index contributed by atoms with van der Waals surface area (Å²) < 4.78 is 10.7. The number of urea groups is 1. The summed E-state index contributed by atoms with van der Waals surface area (Å²) in [4.78, 5) is 13.5. The normalized spacial score (nSPS) is 18.8. The second-order valence-corrected chi connectivity index (χ2v) is 9.66. The van der Waals surface area contributed by atoms with Gasteiger partial charge in [-0.1, -0.05) is 19.9 Å². The van der Waals surface area contributed by atoms with E-state index in [1.165, 1.54) is 47.0 Å². The van der Waals surface area contributed by atoms with Gasteiger partial charge in [0.05, 0.1) is 19.3 Å². The highest BCUT2D eigenvalue weighted by molar-refractivity contribution is 7.98. The maximum Gasteiger partial charge on any atom is 0.329 e. The van der Waals surface area contributed by atoms with Crippen LogP contribution in [0.3, 0.4) is 0 Å². The quantitative estimate of drug-likeness (QED) is 0.764. The van der Waals surface area contributed by atoms with Gasteiger partial charge >= 0.3 is 6.03 Å². The highest BCUT2D eigenvalue weighted by Gasteiger charge is 2.30. The molecule has 2 heterocycles. The predicted molar refractivity (Wildman–Crippen MR) is 110 cm³/mol. The lowest BCUT2D eigenvalue weighted by atomic mass is 9.94. The monoisotopic (exact) mass is 398 g/mol. The van der Waals surface area contributed by atoms with Crippen molar-refractivity contribution in [3.05, 3.63) is 34.5 Å². The van der Waals surface area contributed by atoms with E-state index in [9.17, 15) is 4.79 Å². The number of nitrogens with one attached hydrogen (secondary N) is 2. The van der Waals surface area contributed by atoms with Crippen LogP contribution in [-0.4, -0.2) is 22.4 Å². The fraction of sp³-hybridized carbons (Fsp3) is 0.524. The summed E-state index contributed by atoms with van der Waals surface area (Å²) in [7, 11) is 0. The van der Waals surface area contributed by atoms with E-state index in [0.717, 1.165) is 48.7 Å². The Hall–Kier alpha value is -2.15. The highest BCUT2D eigenvalue weighted by atomic mass is 32.2. The van der Waals surface area contributed by atoms with Crippen molar-refractivity contribution in [3.63, 3.8) is 0 Å². The summed E-state index contributed by atoms with van der Waals surface area (Å²) in [5, 5.41) is 7.57. The summed E-state index contributed by atoms with van der Waals surface area (Å²) in [5.41, 5.74) is 6.66. The Bertz CT molecular complexity index is 918. The SMILES string of the molecule is CC1(C)COc2c(SNC(=O)Nc3c4c(cc5c3CCC5)CCC4)cnn2C1. The number of rotatable bonds is 3. The van der Waals surface area contributed by atoms with Crippen LogP contribution >= 0.6 is 11.9 Å². The van der Waals surface area contributed by atoms with Gasteiger partial charge in [-0.2, -0.15) is 5.10 Å². The number of aromatic nitrogens is 2. The molecule has 2 N–H and O–H groups in total. The maximum atomic E-state index is 12.7. The molecule has 5 rings (SSSR count). The van der Waals surface area contributed by atoms with Crippen LogP contribution in [0.5, 0.6) is 5.88 Å². The number of fused-ring (bicyclic) bond motifs is 3. The first kappa shape index (κ1) is 17.9. The molecule has 0 radical (unpaired) electrons. The molecule has 3 aliphatic rings. The molecule has 1 aromatic carbocycles. The van der Waals surface area contributed by atoms with Crippen LogP contribution in [0.15, 0.2) is 17.2 Å². The molecule has 0 unspecified atom stereocenters. The van der Waals surface area contributed by atoms with Crippen molar-refractivity contribution in [2.75, 3.05) is 11.9 Å². The van der Waals surface area contributed by atoms with Crippen molar-refractivity contribution < 1.29 is 9.53 Å². The fourth-order valence-corrected chi connectivity index (χ4v) is 5.21. The Morgan fingerprint density at radius 3 is 2.61 bits per heavy atom. The number of hydrogen-bond acceptors (Lipinski definition) is 4. The lowest BCUT2D eigenvalue weighted by Crippen LogP contribution is -2.33. The van der Waals surface area contributed by atoms with E-state index in [2.05, 4.69) is 35.1 Å². The van der Waals surface area contributed by atoms with Crippen LogP contribution in [0.4, 0.5) is 10.5 Å². The van der Waals surface area contributed by atoms with Gasteiger partial charge in [0.25, 0.3) is 0 Å². The predicted octanol–water partition coefficient (Wildman–Crippen LogP) is 4.11. The molecule has 0 spiro atoms. The Morgan fingerprint density at radius 2 is 1.89 bits per heavy atom. The van der Waals surface area contributed by atoms with Crippen LogP contribution < -0.4 is 14.8 Å². The minimum atomic E-state index is -0.185. The average Bonchev–Trinajstić information content (AvgIpc) is 3.37. The van der Waals surface area contributed by atoms with Crippen LogP contribution in [0.2, 0.25) is 0 Å². The zero-order chi connectivity index (χ0) is 19.3. The molecule has 2 amide bonds. The maximum absolute atomic E-state index is 12.7. The van der Waals surface area contributed by atoms with Gasteiger partial charge in [-0.15, -0.1) is 0 Å². The molecule has 148 valence electrons. The molecule has 0 atom stereocenters. The molecule has 0 saturated carbocycles. The first-order chi connectivity index (χ1) is 13.5. The molecule has 28 heavy (non-hydrogen) atoms. The number of benzene rings is 1. The molecule has 2 aromatic rings. The largest absolute Gasteiger partial charge is 0.476 e. The second kappa shape index (κ2) is 6.72. The van der Waals surface area contributed by atoms with Gasteiger partial charge in [0.2, 0.25) is 5.88 Å². The van der Waals surface area contributed by atoms with Crippen molar-refractivity contribution >= 4 is 23.7 Å². The molecule has 2 aliphatic carbocycles. The summed E-state index contributed by atoms with van der Waals surface area (Å²) in [6.45, 7) is 5.79. The van der Waals surface area contributed by atoms with Crippen molar-refractivity contribution in [1.82, 2.24) is 14.5 Å². The zero-order valence-corrected chi connectivity index (χ0v) is 17.2. The van der Waals surface area contributed by atoms with Crippen LogP contribution in [-0.2, 0) is 32.2 Å². The van der Waals surface area contributed by atoms with Gasteiger partial charge in [0, 0.05) is 11.1 Å². The Kier molecular flexibility index (Phi) is 4.30. The van der Waals surface area contributed by atoms with Gasteiger partial charge in [-0.3, -0.25) is 4.72 Å². The third-order valence-corrected chi connectivity index (χ3v) is 6.69. The minimum Gasteiger partial charge on any atom is -0.476 e. The van der Waals surface area contributed by atoms with E-state index in [1.807, 2.05) is 4.68 Å². The van der Waals surface area contributed by atoms with Gasteiger partial charge in [-0.25, -0.2) is 9.48 Å². The van der Waals surface area contributed by atoms with Gasteiger partial charge in [0.15, 0.2) is 0 Å². The standard InChI is InChI=1S/C21H26N4O2S/c1-21(2)11-25-19(27-12-21)17(10-22-25)28-24-20(26)23-18-15-7-3-5-13(15)9-14-6-4-8-16(14)18/h9-10H,3-8,11-12H2,1-2H3,(H2,23,24,26). The van der Waals surface area contributed by atoms with Gasteiger partial charge in [-0.05, 0) is 72.7 Å². The fourth-order valence-electron chi connectivity index (χ4n) is 4.61. The van der Waals surface area contributed by atoms with Crippen LogP contribution in [0, 0.1) is 5.41 Å². The van der Waals surface area contributed by atoms with Gasteiger partial charge in [0.1, 0.15) is 4.90 Å². The first-order valence-electron chi connectivity index (χ1n) is 10.1. The zero-order valence-electron chi connectivity index (χ0n) is 16.4. The highest BCUT2D eigenvalue weighted by Crippen LogP contribution is 2.39. The smallest absolute Gasteiger partial charge is 0.329 e. The summed E-state index contributed by atoms with van der Waals surface area (Å²) in [6.07, 6.45) is 8.50. The molecule has 7 heteroatoms. The number of aryl methyl sites for hydroxylation is 2. The summed E-state index contributed by atoms with van der Waals surface area (Å²) in [6, 6.07) is 2.19. The van der Waals surface area contributed by atoms with Crippen molar-refractivity contribution in [2.45, 2.75) is 63.8 Å². The lowest BCUT2D eigenvalue weighted by Gasteiger charge is -2.30. The van der Waals surface area contributed by atoms with E-state index in [0.29, 0.717) is 6.61 Å². The lowest BCUT2D eigenvalue weighted by molar-refractivity contribution is 0.0973. The molecule has 0 bridgehead atoms. The number of carbonyl (C=O) groups excluding carboxylic acids is 1. The molecule has 0 fully saturated rings. The van der Waals surface area contributed by atoms with E-state index in [1.54, 1.807) is 6.20 Å². The Labute approximate surface area is 169 Å². The van der Waals surface area contributed by atoms with E-state index in [-0.39, 0.29) is 11.4 Å². The molecule has 0 saturated heterocycles. The number of carbonyl (C=O) groups is 1. The molecule has 6 nitrogen and oxygen atoms in total. The second-order valence-electron chi connectivity index (χ2n) is 8.82. The van der Waals surface area contributed by atoms with Crippen LogP contribution in [0.1, 0.15) is 48.9 Å². The number of ether oxygens (including phenoxy) is 1. The average molecular weight is 399 g/mol. The first-order valence-corrected chi connectivity index (χ1v) is 10.9. The number of nitrogens with zero attached hydrogens (tertiary/aromatic N) is 2. The van der Waals surface area contributed by atoms with E-state index < -0.39 is 0 Å². The third-order valence-electron chi connectivity index (χ3n) is 5.90. The van der Waals surface area contributed by atoms with Crippen molar-refractivity contribution in [3.8, 4) is 5.88 Å². The Morgan fingerprint density at radius 1 is 1.18 bits per heavy atom. The van der Waals surface area contributed by atoms with E-state index >= 15 is 0 Å². The molecule has 1 aliphatic heterocycles. The summed E-state index contributed by atoms with van der Waals surface area (Å²) >= 11 is 1.27. The molecule has 1 aromatic heterocycles.